The molecule has 2 atom stereocenters. The molecule has 2 heterocycles. The number of hydrogen-bond donors (Lipinski definition) is 1. The molecule has 3 heteroatoms. The quantitative estimate of drug-likeness (QED) is 0.914. The number of fused-ring (bicyclic) bond motifs is 1. The van der Waals surface area contributed by atoms with Gasteiger partial charge >= 0.3 is 0 Å². The fraction of sp³-hybridized carbons (Fsp3) is 0.471. The number of aryl methyl sites for hydroxylation is 1. The van der Waals surface area contributed by atoms with E-state index in [1.54, 1.807) is 0 Å². The summed E-state index contributed by atoms with van der Waals surface area (Å²) in [6.45, 7) is 5.49. The summed E-state index contributed by atoms with van der Waals surface area (Å²) in [4.78, 5) is 0. The smallest absolute Gasteiger partial charge is 0.0492 e. The molecular weight excluding hydrogens is 246 g/mol. The zero-order valence-corrected chi connectivity index (χ0v) is 12.3. The molecule has 0 amide bonds. The third-order valence-electron chi connectivity index (χ3n) is 4.14. The predicted octanol–water partition coefficient (Wildman–Crippen LogP) is 3.82. The summed E-state index contributed by atoms with van der Waals surface area (Å²) in [6.07, 6.45) is 5.34. The summed E-state index contributed by atoms with van der Waals surface area (Å²) in [5.74, 6) is 0.592. The summed E-state index contributed by atoms with van der Waals surface area (Å²) in [5.41, 5.74) is 4.12. The van der Waals surface area contributed by atoms with E-state index in [-0.39, 0.29) is 0 Å². The van der Waals surface area contributed by atoms with Gasteiger partial charge in [-0.15, -0.1) is 0 Å². The Hall–Kier alpha value is -1.77. The number of para-hydroxylation sites is 1. The molecule has 2 unspecified atom stereocenters. The Kier molecular flexibility index (Phi) is 3.77. The highest BCUT2D eigenvalue weighted by atomic mass is 15.3. The zero-order chi connectivity index (χ0) is 13.9. The molecular formula is C17H23N3. The molecule has 3 rings (SSSR count). The number of aromatic nitrogens is 2. The first-order valence-electron chi connectivity index (χ1n) is 7.64. The number of rotatable bonds is 4. The summed E-state index contributed by atoms with van der Waals surface area (Å²) < 4.78 is 2.16. The molecule has 1 aromatic carbocycles. The Morgan fingerprint density at radius 2 is 2.15 bits per heavy atom. The van der Waals surface area contributed by atoms with Gasteiger partial charge in [0.2, 0.25) is 0 Å². The van der Waals surface area contributed by atoms with E-state index in [4.69, 9.17) is 0 Å². The second kappa shape index (κ2) is 5.70. The molecule has 1 aromatic heterocycles. The lowest BCUT2D eigenvalue weighted by Gasteiger charge is -2.31. The molecule has 0 saturated heterocycles. The number of anilines is 1. The molecule has 3 nitrogen and oxygen atoms in total. The highest BCUT2D eigenvalue weighted by molar-refractivity contribution is 5.55. The average molecular weight is 269 g/mol. The Morgan fingerprint density at radius 1 is 1.30 bits per heavy atom. The fourth-order valence-electron chi connectivity index (χ4n) is 3.25. The van der Waals surface area contributed by atoms with E-state index in [1.165, 1.54) is 23.4 Å². The lowest BCUT2D eigenvalue weighted by molar-refractivity contribution is 0.511. The van der Waals surface area contributed by atoms with Crippen LogP contribution in [-0.2, 0) is 13.0 Å². The second-order valence-electron chi connectivity index (χ2n) is 5.82. The van der Waals surface area contributed by atoms with Crippen LogP contribution in [0.5, 0.6) is 0 Å². The third-order valence-corrected chi connectivity index (χ3v) is 4.14. The van der Waals surface area contributed by atoms with E-state index in [9.17, 15) is 0 Å². The Morgan fingerprint density at radius 3 is 3.00 bits per heavy atom. The summed E-state index contributed by atoms with van der Waals surface area (Å²) in [6, 6.07) is 11.4. The Labute approximate surface area is 121 Å². The molecule has 1 N–H and O–H groups in total. The van der Waals surface area contributed by atoms with Crippen LogP contribution in [0.4, 0.5) is 5.69 Å². The average Bonchev–Trinajstić information content (AvgIpc) is 2.86. The molecule has 1 aliphatic rings. The lowest BCUT2D eigenvalue weighted by Crippen LogP contribution is -2.26. The van der Waals surface area contributed by atoms with Crippen molar-refractivity contribution in [1.29, 1.82) is 0 Å². The molecule has 106 valence electrons. The normalized spacial score (nSPS) is 21.3. The minimum atomic E-state index is 0.539. The zero-order valence-electron chi connectivity index (χ0n) is 12.3. The predicted molar refractivity (Wildman–Crippen MR) is 83.1 cm³/mol. The molecule has 1 aliphatic heterocycles. The van der Waals surface area contributed by atoms with E-state index in [1.807, 2.05) is 6.20 Å². The standard InChI is InChI=1S/C17H23N3/c1-3-10-20-15(8-9-18-20)12-14-11-13(2)19-17-7-5-4-6-16(14)17/h4-9,13-14,19H,3,10-12H2,1-2H3. The van der Waals surface area contributed by atoms with Crippen molar-refractivity contribution in [3.8, 4) is 0 Å². The van der Waals surface area contributed by atoms with E-state index >= 15 is 0 Å². The minimum Gasteiger partial charge on any atom is -0.382 e. The van der Waals surface area contributed by atoms with Gasteiger partial charge in [0, 0.05) is 30.2 Å². The van der Waals surface area contributed by atoms with Crippen molar-refractivity contribution in [2.75, 3.05) is 5.32 Å². The van der Waals surface area contributed by atoms with Crippen LogP contribution in [0.2, 0.25) is 0 Å². The SMILES string of the molecule is CCCn1nccc1CC1CC(C)Nc2ccccc21. The van der Waals surface area contributed by atoms with Crippen LogP contribution in [0.25, 0.3) is 0 Å². The van der Waals surface area contributed by atoms with Crippen LogP contribution in [0.3, 0.4) is 0 Å². The topological polar surface area (TPSA) is 29.9 Å². The summed E-state index contributed by atoms with van der Waals surface area (Å²) in [5, 5.41) is 8.03. The van der Waals surface area contributed by atoms with Gasteiger partial charge in [-0.25, -0.2) is 0 Å². The van der Waals surface area contributed by atoms with E-state index in [2.05, 4.69) is 59.3 Å². The fourth-order valence-corrected chi connectivity index (χ4v) is 3.25. The Balaban J connectivity index is 1.85. The van der Waals surface area contributed by atoms with Crippen LogP contribution >= 0.6 is 0 Å². The molecule has 20 heavy (non-hydrogen) atoms. The van der Waals surface area contributed by atoms with Crippen LogP contribution in [0, 0.1) is 0 Å². The van der Waals surface area contributed by atoms with Gasteiger partial charge in [-0.2, -0.15) is 5.10 Å². The monoisotopic (exact) mass is 269 g/mol. The van der Waals surface area contributed by atoms with Gasteiger partial charge in [0.05, 0.1) is 0 Å². The number of nitrogens with zero attached hydrogens (tertiary/aromatic N) is 2. The van der Waals surface area contributed by atoms with Crippen molar-refractivity contribution in [1.82, 2.24) is 9.78 Å². The number of benzene rings is 1. The molecule has 0 bridgehead atoms. The highest BCUT2D eigenvalue weighted by Gasteiger charge is 2.24. The molecule has 0 saturated carbocycles. The van der Waals surface area contributed by atoms with Gasteiger partial charge in [0.15, 0.2) is 0 Å². The largest absolute Gasteiger partial charge is 0.382 e. The summed E-state index contributed by atoms with van der Waals surface area (Å²) >= 11 is 0. The van der Waals surface area contributed by atoms with Gasteiger partial charge < -0.3 is 5.32 Å². The van der Waals surface area contributed by atoms with Gasteiger partial charge in [0.25, 0.3) is 0 Å². The molecule has 0 aliphatic carbocycles. The van der Waals surface area contributed by atoms with Crippen LogP contribution < -0.4 is 5.32 Å². The van der Waals surface area contributed by atoms with Crippen molar-refractivity contribution in [3.05, 3.63) is 47.8 Å². The van der Waals surface area contributed by atoms with Gasteiger partial charge in [-0.1, -0.05) is 25.1 Å². The number of hydrogen-bond acceptors (Lipinski definition) is 2. The third kappa shape index (κ3) is 2.58. The lowest BCUT2D eigenvalue weighted by atomic mass is 9.84. The minimum absolute atomic E-state index is 0.539. The van der Waals surface area contributed by atoms with Crippen LogP contribution in [0.1, 0.15) is 43.9 Å². The molecule has 2 aromatic rings. The second-order valence-corrected chi connectivity index (χ2v) is 5.82. The van der Waals surface area contributed by atoms with Crippen molar-refractivity contribution in [2.45, 2.75) is 51.6 Å². The first-order chi connectivity index (χ1) is 9.78. The van der Waals surface area contributed by atoms with Gasteiger partial charge in [-0.3, -0.25) is 4.68 Å². The summed E-state index contributed by atoms with van der Waals surface area (Å²) in [7, 11) is 0. The van der Waals surface area contributed by atoms with Gasteiger partial charge in [0.1, 0.15) is 0 Å². The Bertz CT molecular complexity index is 573. The maximum Gasteiger partial charge on any atom is 0.0492 e. The van der Waals surface area contributed by atoms with Crippen molar-refractivity contribution >= 4 is 5.69 Å². The first kappa shape index (κ1) is 13.2. The molecule has 0 fully saturated rings. The molecule has 0 radical (unpaired) electrons. The van der Waals surface area contributed by atoms with E-state index in [0.717, 1.165) is 19.4 Å². The van der Waals surface area contributed by atoms with E-state index < -0.39 is 0 Å². The molecule has 0 spiro atoms. The van der Waals surface area contributed by atoms with Crippen molar-refractivity contribution in [3.63, 3.8) is 0 Å². The van der Waals surface area contributed by atoms with Crippen molar-refractivity contribution in [2.24, 2.45) is 0 Å². The maximum atomic E-state index is 4.45. The maximum absolute atomic E-state index is 4.45. The number of nitrogens with one attached hydrogen (secondary N) is 1. The van der Waals surface area contributed by atoms with Crippen LogP contribution in [-0.4, -0.2) is 15.8 Å². The highest BCUT2D eigenvalue weighted by Crippen LogP contribution is 2.36. The van der Waals surface area contributed by atoms with E-state index in [0.29, 0.717) is 12.0 Å². The van der Waals surface area contributed by atoms with Gasteiger partial charge in [-0.05, 0) is 49.8 Å². The van der Waals surface area contributed by atoms with Crippen LogP contribution in [0.15, 0.2) is 36.5 Å². The van der Waals surface area contributed by atoms with Crippen molar-refractivity contribution < 1.29 is 0 Å². The first-order valence-corrected chi connectivity index (χ1v) is 7.64.